The number of carboxylic acid groups (broad SMARTS) is 1. The normalized spacial score (nSPS) is 14.2. The van der Waals surface area contributed by atoms with Crippen molar-refractivity contribution >= 4 is 16.9 Å². The highest BCUT2D eigenvalue weighted by atomic mass is 16.4. The molecule has 0 unspecified atom stereocenters. The first-order valence-corrected chi connectivity index (χ1v) is 8.02. The zero-order chi connectivity index (χ0) is 17.0. The molecule has 2 heterocycles. The Balaban J connectivity index is 1.94. The second-order valence-electron chi connectivity index (χ2n) is 6.54. The molecule has 5 heteroatoms. The van der Waals surface area contributed by atoms with Crippen molar-refractivity contribution in [3.8, 4) is 11.3 Å². The maximum Gasteiger partial charge on any atom is 0.341 e. The van der Waals surface area contributed by atoms with E-state index in [2.05, 4.69) is 28.6 Å². The zero-order valence-corrected chi connectivity index (χ0v) is 13.6. The van der Waals surface area contributed by atoms with Crippen LogP contribution in [0.15, 0.2) is 35.1 Å². The summed E-state index contributed by atoms with van der Waals surface area (Å²) in [5.41, 5.74) is 4.16. The molecule has 1 aliphatic rings. The van der Waals surface area contributed by atoms with Gasteiger partial charge in [-0.25, -0.2) is 4.79 Å². The predicted molar refractivity (Wildman–Crippen MR) is 92.6 cm³/mol. The number of rotatable bonds is 3. The molecular formula is C19H18N2O3. The SMILES string of the molecule is Cc1cc2cc(-c3[nH]c(=O)c(C(=O)O)cc3C3CC3)ccc2n1C. The maximum absolute atomic E-state index is 12.1. The summed E-state index contributed by atoms with van der Waals surface area (Å²) in [7, 11) is 2.02. The van der Waals surface area contributed by atoms with Crippen LogP contribution in [-0.2, 0) is 7.05 Å². The summed E-state index contributed by atoms with van der Waals surface area (Å²) in [5.74, 6) is -0.845. The lowest BCUT2D eigenvalue weighted by atomic mass is 9.99. The standard InChI is InChI=1S/C19H18N2O3/c1-10-7-13-8-12(5-6-16(13)21(10)2)17-14(11-3-4-11)9-15(19(23)24)18(22)20-17/h5-9,11H,3-4H2,1-2H3,(H,20,22)(H,23,24). The third-order valence-corrected chi connectivity index (χ3v) is 4.89. The van der Waals surface area contributed by atoms with Crippen LogP contribution in [0, 0.1) is 6.92 Å². The van der Waals surface area contributed by atoms with E-state index in [4.69, 9.17) is 0 Å². The molecule has 24 heavy (non-hydrogen) atoms. The van der Waals surface area contributed by atoms with E-state index in [0.717, 1.165) is 40.6 Å². The number of carbonyl (C=O) groups is 1. The van der Waals surface area contributed by atoms with Crippen LogP contribution in [0.1, 0.15) is 40.4 Å². The van der Waals surface area contributed by atoms with Crippen LogP contribution in [-0.4, -0.2) is 20.6 Å². The minimum atomic E-state index is -1.18. The van der Waals surface area contributed by atoms with Crippen molar-refractivity contribution < 1.29 is 9.90 Å². The van der Waals surface area contributed by atoms with Crippen LogP contribution in [0.25, 0.3) is 22.2 Å². The summed E-state index contributed by atoms with van der Waals surface area (Å²) >= 11 is 0. The minimum absolute atomic E-state index is 0.183. The number of H-pyrrole nitrogens is 1. The molecule has 0 saturated heterocycles. The van der Waals surface area contributed by atoms with Gasteiger partial charge in [-0.05, 0) is 61.1 Å². The molecule has 1 fully saturated rings. The summed E-state index contributed by atoms with van der Waals surface area (Å²) in [4.78, 5) is 26.2. The monoisotopic (exact) mass is 322 g/mol. The van der Waals surface area contributed by atoms with Crippen molar-refractivity contribution in [2.75, 3.05) is 0 Å². The Morgan fingerprint density at radius 2 is 2.00 bits per heavy atom. The van der Waals surface area contributed by atoms with Gasteiger partial charge in [0.2, 0.25) is 0 Å². The smallest absolute Gasteiger partial charge is 0.341 e. The Hall–Kier alpha value is -2.82. The van der Waals surface area contributed by atoms with Crippen molar-refractivity contribution in [2.45, 2.75) is 25.7 Å². The second-order valence-corrected chi connectivity index (χ2v) is 6.54. The van der Waals surface area contributed by atoms with Crippen LogP contribution in [0.2, 0.25) is 0 Å². The Bertz CT molecular complexity index is 1040. The fraction of sp³-hybridized carbons (Fsp3) is 0.263. The van der Waals surface area contributed by atoms with Crippen LogP contribution >= 0.6 is 0 Å². The number of nitrogens with zero attached hydrogens (tertiary/aromatic N) is 1. The van der Waals surface area contributed by atoms with Crippen molar-refractivity contribution in [1.29, 1.82) is 0 Å². The van der Waals surface area contributed by atoms with E-state index in [1.54, 1.807) is 6.07 Å². The Labute approximate surface area is 138 Å². The first-order valence-electron chi connectivity index (χ1n) is 8.02. The summed E-state index contributed by atoms with van der Waals surface area (Å²) in [5, 5.41) is 10.3. The zero-order valence-electron chi connectivity index (χ0n) is 13.6. The van der Waals surface area contributed by atoms with Gasteiger partial charge in [0.05, 0.1) is 5.69 Å². The topological polar surface area (TPSA) is 75.1 Å². The van der Waals surface area contributed by atoms with E-state index in [0.29, 0.717) is 5.92 Å². The third kappa shape index (κ3) is 2.24. The molecule has 2 aromatic heterocycles. The van der Waals surface area contributed by atoms with Gasteiger partial charge in [-0.1, -0.05) is 6.07 Å². The van der Waals surface area contributed by atoms with Gasteiger partial charge in [0.15, 0.2) is 0 Å². The fourth-order valence-corrected chi connectivity index (χ4v) is 3.30. The molecule has 0 amide bonds. The number of fused-ring (bicyclic) bond motifs is 1. The largest absolute Gasteiger partial charge is 0.477 e. The lowest BCUT2D eigenvalue weighted by Crippen LogP contribution is -2.19. The number of carboxylic acids is 1. The second kappa shape index (κ2) is 5.09. The van der Waals surface area contributed by atoms with Crippen molar-refractivity contribution in [3.05, 3.63) is 57.5 Å². The number of nitrogens with one attached hydrogen (secondary N) is 1. The molecular weight excluding hydrogens is 304 g/mol. The van der Waals surface area contributed by atoms with Crippen molar-refractivity contribution in [1.82, 2.24) is 9.55 Å². The number of hydrogen-bond acceptors (Lipinski definition) is 2. The van der Waals surface area contributed by atoms with Gasteiger partial charge in [0.1, 0.15) is 5.56 Å². The molecule has 0 bridgehead atoms. The average Bonchev–Trinajstić information content (AvgIpc) is 3.34. The molecule has 0 spiro atoms. The van der Waals surface area contributed by atoms with Gasteiger partial charge in [-0.3, -0.25) is 4.79 Å². The molecule has 1 aliphatic carbocycles. The molecule has 1 aromatic carbocycles. The molecule has 2 N–H and O–H groups in total. The lowest BCUT2D eigenvalue weighted by molar-refractivity contribution is 0.0695. The van der Waals surface area contributed by atoms with E-state index < -0.39 is 11.5 Å². The number of aromatic nitrogens is 2. The van der Waals surface area contributed by atoms with Gasteiger partial charge < -0.3 is 14.7 Å². The minimum Gasteiger partial charge on any atom is -0.477 e. The van der Waals surface area contributed by atoms with Crippen LogP contribution in [0.4, 0.5) is 0 Å². The van der Waals surface area contributed by atoms with Gasteiger partial charge in [-0.2, -0.15) is 0 Å². The van der Waals surface area contributed by atoms with Crippen LogP contribution in [0.3, 0.4) is 0 Å². The van der Waals surface area contributed by atoms with E-state index in [-0.39, 0.29) is 5.56 Å². The van der Waals surface area contributed by atoms with Crippen LogP contribution in [0.5, 0.6) is 0 Å². The summed E-state index contributed by atoms with van der Waals surface area (Å²) in [6, 6.07) is 9.74. The van der Waals surface area contributed by atoms with Crippen molar-refractivity contribution in [2.24, 2.45) is 7.05 Å². The highest BCUT2D eigenvalue weighted by Gasteiger charge is 2.29. The molecule has 0 radical (unpaired) electrons. The van der Waals surface area contributed by atoms with E-state index in [9.17, 15) is 14.7 Å². The lowest BCUT2D eigenvalue weighted by Gasteiger charge is -2.10. The molecule has 5 nitrogen and oxygen atoms in total. The van der Waals surface area contributed by atoms with Gasteiger partial charge >= 0.3 is 5.97 Å². The predicted octanol–water partition coefficient (Wildman–Crippen LogP) is 3.42. The number of pyridine rings is 1. The third-order valence-electron chi connectivity index (χ3n) is 4.89. The van der Waals surface area contributed by atoms with Gasteiger partial charge in [0.25, 0.3) is 5.56 Å². The van der Waals surface area contributed by atoms with E-state index >= 15 is 0 Å². The Kier molecular flexibility index (Phi) is 3.13. The number of aryl methyl sites for hydroxylation is 2. The fourth-order valence-electron chi connectivity index (χ4n) is 3.30. The number of benzene rings is 1. The van der Waals surface area contributed by atoms with E-state index in [1.165, 1.54) is 5.69 Å². The number of hydrogen-bond donors (Lipinski definition) is 2. The molecule has 1 saturated carbocycles. The van der Waals surface area contributed by atoms with Crippen LogP contribution < -0.4 is 5.56 Å². The van der Waals surface area contributed by atoms with E-state index in [1.807, 2.05) is 19.2 Å². The molecule has 122 valence electrons. The number of aromatic amines is 1. The first kappa shape index (κ1) is 14.8. The molecule has 3 aromatic rings. The first-order chi connectivity index (χ1) is 11.5. The van der Waals surface area contributed by atoms with Gasteiger partial charge in [-0.15, -0.1) is 0 Å². The summed E-state index contributed by atoms with van der Waals surface area (Å²) in [6.45, 7) is 2.05. The molecule has 0 aliphatic heterocycles. The highest BCUT2D eigenvalue weighted by Crippen LogP contribution is 2.44. The molecule has 4 rings (SSSR count). The summed E-state index contributed by atoms with van der Waals surface area (Å²) < 4.78 is 2.12. The highest BCUT2D eigenvalue weighted by molar-refractivity contribution is 5.89. The quantitative estimate of drug-likeness (QED) is 0.776. The summed E-state index contributed by atoms with van der Waals surface area (Å²) in [6.07, 6.45) is 2.07. The van der Waals surface area contributed by atoms with Gasteiger partial charge in [0, 0.05) is 23.6 Å². The Morgan fingerprint density at radius 3 is 2.67 bits per heavy atom. The maximum atomic E-state index is 12.1. The number of aromatic carboxylic acids is 1. The Morgan fingerprint density at radius 1 is 1.25 bits per heavy atom. The van der Waals surface area contributed by atoms with Crippen molar-refractivity contribution in [3.63, 3.8) is 0 Å². The molecule has 0 atom stereocenters. The average molecular weight is 322 g/mol.